The monoisotopic (exact) mass is 476 g/mol. The molecule has 144 valence electrons. The lowest BCUT2D eigenvalue weighted by atomic mass is 10.2. The van der Waals surface area contributed by atoms with Crippen LogP contribution < -0.4 is 10.6 Å². The number of rotatable bonds is 6. The maximum absolute atomic E-state index is 12.3. The summed E-state index contributed by atoms with van der Waals surface area (Å²) in [5.41, 5.74) is 0. The van der Waals surface area contributed by atoms with Gasteiger partial charge in [-0.05, 0) is 19.8 Å². The molecule has 25 heavy (non-hydrogen) atoms. The lowest BCUT2D eigenvalue weighted by Gasteiger charge is -2.16. The Morgan fingerprint density at radius 3 is 2.68 bits per heavy atom. The van der Waals surface area contributed by atoms with E-state index in [-0.39, 0.29) is 43.2 Å². The number of aliphatic imine (C=N–C) groups is 1. The predicted molar refractivity (Wildman–Crippen MR) is 97.9 cm³/mol. The Morgan fingerprint density at radius 1 is 1.36 bits per heavy atom. The van der Waals surface area contributed by atoms with Crippen molar-refractivity contribution in [2.45, 2.75) is 45.0 Å². The fraction of sp³-hybridized carbons (Fsp3) is 0.786. The molecule has 1 atom stereocenters. The maximum atomic E-state index is 12.3. The topological polar surface area (TPSA) is 76.4 Å². The smallest absolute Gasteiger partial charge is 0.376 e. The molecule has 1 aromatic rings. The van der Waals surface area contributed by atoms with Crippen molar-refractivity contribution in [1.82, 2.24) is 25.4 Å². The van der Waals surface area contributed by atoms with Crippen molar-refractivity contribution in [3.8, 4) is 0 Å². The molecule has 0 bridgehead atoms. The summed E-state index contributed by atoms with van der Waals surface area (Å²) < 4.78 is 44.2. The van der Waals surface area contributed by atoms with Crippen molar-refractivity contribution in [2.75, 3.05) is 19.7 Å². The minimum Gasteiger partial charge on any atom is -0.376 e. The first kappa shape index (κ1) is 21.9. The summed E-state index contributed by atoms with van der Waals surface area (Å²) in [6.45, 7) is 3.04. The van der Waals surface area contributed by atoms with Gasteiger partial charge < -0.3 is 19.9 Å². The van der Waals surface area contributed by atoms with Gasteiger partial charge in [-0.15, -0.1) is 34.2 Å². The number of guanidine groups is 1. The van der Waals surface area contributed by atoms with Crippen LogP contribution in [0.4, 0.5) is 13.2 Å². The molecule has 0 radical (unpaired) electrons. The van der Waals surface area contributed by atoms with E-state index in [1.807, 2.05) is 14.0 Å². The van der Waals surface area contributed by atoms with Crippen LogP contribution in [0, 0.1) is 6.92 Å². The highest BCUT2D eigenvalue weighted by atomic mass is 127. The van der Waals surface area contributed by atoms with Crippen LogP contribution in [-0.2, 0) is 18.3 Å². The van der Waals surface area contributed by atoms with Crippen molar-refractivity contribution >= 4 is 29.9 Å². The molecule has 2 N–H and O–H groups in total. The summed E-state index contributed by atoms with van der Waals surface area (Å²) in [6, 6.07) is 0. The van der Waals surface area contributed by atoms with E-state index in [4.69, 9.17) is 4.74 Å². The van der Waals surface area contributed by atoms with E-state index in [0.717, 1.165) is 25.3 Å². The normalized spacial score (nSPS) is 18.1. The number of aryl methyl sites for hydroxylation is 1. The zero-order valence-corrected chi connectivity index (χ0v) is 16.6. The summed E-state index contributed by atoms with van der Waals surface area (Å²) in [7, 11) is 1.82. The van der Waals surface area contributed by atoms with E-state index in [1.54, 1.807) is 4.57 Å². The van der Waals surface area contributed by atoms with Gasteiger partial charge in [-0.3, -0.25) is 0 Å². The average Bonchev–Trinajstić information content (AvgIpc) is 3.12. The number of halogens is 4. The lowest BCUT2D eigenvalue weighted by molar-refractivity contribution is -0.132. The number of aromatic nitrogens is 3. The van der Waals surface area contributed by atoms with Crippen LogP contribution >= 0.6 is 24.0 Å². The fourth-order valence-electron chi connectivity index (χ4n) is 2.25. The van der Waals surface area contributed by atoms with Crippen LogP contribution in [0.2, 0.25) is 0 Å². The maximum Gasteiger partial charge on any atom is 0.390 e. The first-order valence-corrected chi connectivity index (χ1v) is 7.90. The lowest BCUT2D eigenvalue weighted by Crippen LogP contribution is -2.42. The molecule has 1 unspecified atom stereocenters. The average molecular weight is 476 g/mol. The van der Waals surface area contributed by atoms with Crippen molar-refractivity contribution < 1.29 is 17.9 Å². The molecule has 2 heterocycles. The molecule has 0 spiro atoms. The second-order valence-corrected chi connectivity index (χ2v) is 5.70. The highest BCUT2D eigenvalue weighted by Crippen LogP contribution is 2.18. The molecule has 1 aliphatic rings. The molecule has 11 heteroatoms. The summed E-state index contributed by atoms with van der Waals surface area (Å²) in [4.78, 5) is 4.30. The third kappa shape index (κ3) is 7.75. The van der Waals surface area contributed by atoms with Crippen LogP contribution in [-0.4, -0.2) is 52.7 Å². The molecular formula is C14H24F3IN6O. The Kier molecular flexibility index (Phi) is 8.89. The Balaban J connectivity index is 0.00000312. The minimum absolute atomic E-state index is 0. The number of hydrogen-bond acceptors (Lipinski definition) is 4. The molecule has 0 saturated carbocycles. The summed E-state index contributed by atoms with van der Waals surface area (Å²) in [6.07, 6.45) is -3.12. The highest BCUT2D eigenvalue weighted by Gasteiger charge is 2.26. The molecule has 0 aromatic carbocycles. The van der Waals surface area contributed by atoms with Crippen LogP contribution in [0.3, 0.4) is 0 Å². The Hall–Kier alpha value is -1.11. The first-order valence-electron chi connectivity index (χ1n) is 7.90. The standard InChI is InChI=1S/C14H23F3N6O.HI/c1-10-21-22-12(23(10)2)9-20-13(18-6-5-14(15,16)17)19-8-11-4-3-7-24-11;/h11H,3-9H2,1-2H3,(H2,18,19,20);1H. The second kappa shape index (κ2) is 10.1. The van der Waals surface area contributed by atoms with Crippen molar-refractivity contribution in [1.29, 1.82) is 0 Å². The molecule has 1 aromatic heterocycles. The summed E-state index contributed by atoms with van der Waals surface area (Å²) in [5, 5.41) is 13.7. The van der Waals surface area contributed by atoms with Gasteiger partial charge in [0.15, 0.2) is 11.8 Å². The van der Waals surface area contributed by atoms with E-state index in [0.29, 0.717) is 18.3 Å². The van der Waals surface area contributed by atoms with Crippen LogP contribution in [0.15, 0.2) is 4.99 Å². The number of nitrogens with zero attached hydrogens (tertiary/aromatic N) is 4. The largest absolute Gasteiger partial charge is 0.390 e. The molecule has 1 fully saturated rings. The van der Waals surface area contributed by atoms with Gasteiger partial charge in [0.2, 0.25) is 0 Å². The first-order chi connectivity index (χ1) is 11.3. The molecule has 1 aliphatic heterocycles. The number of alkyl halides is 3. The fourth-order valence-corrected chi connectivity index (χ4v) is 2.25. The second-order valence-electron chi connectivity index (χ2n) is 5.70. The highest BCUT2D eigenvalue weighted by molar-refractivity contribution is 14.0. The van der Waals surface area contributed by atoms with Gasteiger partial charge in [0.1, 0.15) is 12.4 Å². The number of hydrogen-bond donors (Lipinski definition) is 2. The van der Waals surface area contributed by atoms with E-state index in [1.165, 1.54) is 0 Å². The van der Waals surface area contributed by atoms with E-state index >= 15 is 0 Å². The van der Waals surface area contributed by atoms with Gasteiger partial charge in [-0.1, -0.05) is 0 Å². The number of nitrogens with one attached hydrogen (secondary N) is 2. The third-order valence-electron chi connectivity index (χ3n) is 3.78. The zero-order valence-electron chi connectivity index (χ0n) is 14.3. The van der Waals surface area contributed by atoms with Crippen LogP contribution in [0.25, 0.3) is 0 Å². The number of ether oxygens (including phenoxy) is 1. The van der Waals surface area contributed by atoms with Gasteiger partial charge in [0.05, 0.1) is 12.5 Å². The molecule has 0 aliphatic carbocycles. The molecule has 1 saturated heterocycles. The Bertz CT molecular complexity index is 557. The molecule has 7 nitrogen and oxygen atoms in total. The van der Waals surface area contributed by atoms with Gasteiger partial charge in [0, 0.05) is 26.7 Å². The SMILES string of the molecule is Cc1nnc(CN=C(NCCC(F)(F)F)NCC2CCCO2)n1C.I. The minimum atomic E-state index is -4.20. The predicted octanol–water partition coefficient (Wildman–Crippen LogP) is 1.91. The molecular weight excluding hydrogens is 452 g/mol. The van der Waals surface area contributed by atoms with Gasteiger partial charge in [-0.25, -0.2) is 4.99 Å². The van der Waals surface area contributed by atoms with Gasteiger partial charge in [-0.2, -0.15) is 13.2 Å². The summed E-state index contributed by atoms with van der Waals surface area (Å²) in [5.74, 6) is 1.70. The van der Waals surface area contributed by atoms with E-state index in [9.17, 15) is 13.2 Å². The Morgan fingerprint density at radius 2 is 2.12 bits per heavy atom. The van der Waals surface area contributed by atoms with Crippen LogP contribution in [0.1, 0.15) is 30.9 Å². The van der Waals surface area contributed by atoms with Crippen molar-refractivity contribution in [3.05, 3.63) is 11.6 Å². The Labute approximate surface area is 161 Å². The summed E-state index contributed by atoms with van der Waals surface area (Å²) >= 11 is 0. The van der Waals surface area contributed by atoms with Gasteiger partial charge in [0.25, 0.3) is 0 Å². The van der Waals surface area contributed by atoms with E-state index in [2.05, 4.69) is 25.8 Å². The van der Waals surface area contributed by atoms with Gasteiger partial charge >= 0.3 is 6.18 Å². The zero-order chi connectivity index (χ0) is 17.6. The molecule has 2 rings (SSSR count). The quantitative estimate of drug-likeness (QED) is 0.373. The van der Waals surface area contributed by atoms with Crippen molar-refractivity contribution in [3.63, 3.8) is 0 Å². The van der Waals surface area contributed by atoms with E-state index < -0.39 is 12.6 Å². The van der Waals surface area contributed by atoms with Crippen molar-refractivity contribution in [2.24, 2.45) is 12.0 Å². The van der Waals surface area contributed by atoms with Crippen LogP contribution in [0.5, 0.6) is 0 Å². The third-order valence-corrected chi connectivity index (χ3v) is 3.78. The molecule has 0 amide bonds.